The fraction of sp³-hybridized carbons (Fsp3) is 0.385. The van der Waals surface area contributed by atoms with Gasteiger partial charge in [0.2, 0.25) is 5.91 Å². The molecule has 96 valence electrons. The number of carbonyl (C=O) groups excluding carboxylic acids is 1. The van der Waals surface area contributed by atoms with E-state index >= 15 is 0 Å². The SMILES string of the molecule is CCC(C)(C#N)NC(=O)Cc1cccc(F)c1F. The Morgan fingerprint density at radius 2 is 2.17 bits per heavy atom. The van der Waals surface area contributed by atoms with Crippen LogP contribution in [0.25, 0.3) is 0 Å². The summed E-state index contributed by atoms with van der Waals surface area (Å²) in [6.07, 6.45) is 0.141. The minimum absolute atomic E-state index is 0.0242. The number of carbonyl (C=O) groups is 1. The van der Waals surface area contributed by atoms with E-state index in [1.807, 2.05) is 6.07 Å². The highest BCUT2D eigenvalue weighted by Gasteiger charge is 2.24. The Morgan fingerprint density at radius 1 is 1.50 bits per heavy atom. The van der Waals surface area contributed by atoms with Gasteiger partial charge >= 0.3 is 0 Å². The number of benzene rings is 1. The van der Waals surface area contributed by atoms with Gasteiger partial charge < -0.3 is 5.32 Å². The second-order valence-electron chi connectivity index (χ2n) is 4.24. The first-order valence-electron chi connectivity index (χ1n) is 5.57. The second kappa shape index (κ2) is 5.58. The highest BCUT2D eigenvalue weighted by molar-refractivity contribution is 5.79. The van der Waals surface area contributed by atoms with Crippen molar-refractivity contribution in [3.63, 3.8) is 0 Å². The molecule has 0 aromatic heterocycles. The molecule has 0 saturated carbocycles. The molecule has 0 aliphatic carbocycles. The molecule has 0 spiro atoms. The summed E-state index contributed by atoms with van der Waals surface area (Å²) in [7, 11) is 0. The molecule has 1 rings (SSSR count). The molecule has 1 amide bonds. The van der Waals surface area contributed by atoms with Crippen molar-refractivity contribution in [2.24, 2.45) is 0 Å². The van der Waals surface area contributed by atoms with Crippen LogP contribution in [0.15, 0.2) is 18.2 Å². The Morgan fingerprint density at radius 3 is 2.72 bits per heavy atom. The van der Waals surface area contributed by atoms with Crippen LogP contribution in [0.1, 0.15) is 25.8 Å². The van der Waals surface area contributed by atoms with Crippen molar-refractivity contribution in [1.82, 2.24) is 5.32 Å². The van der Waals surface area contributed by atoms with Crippen LogP contribution in [-0.4, -0.2) is 11.4 Å². The molecule has 0 aliphatic rings. The van der Waals surface area contributed by atoms with E-state index in [-0.39, 0.29) is 12.0 Å². The Balaban J connectivity index is 2.78. The topological polar surface area (TPSA) is 52.9 Å². The molecular weight excluding hydrogens is 238 g/mol. The predicted octanol–water partition coefficient (Wildman–Crippen LogP) is 2.32. The van der Waals surface area contributed by atoms with E-state index in [9.17, 15) is 13.6 Å². The standard InChI is InChI=1S/C13H14F2N2O/c1-3-13(2,8-16)17-11(18)7-9-5-4-6-10(14)12(9)15/h4-6H,3,7H2,1-2H3,(H,17,18). The van der Waals surface area contributed by atoms with Gasteiger partial charge in [-0.2, -0.15) is 5.26 Å². The van der Waals surface area contributed by atoms with E-state index in [1.54, 1.807) is 13.8 Å². The number of rotatable bonds is 4. The molecule has 5 heteroatoms. The van der Waals surface area contributed by atoms with Gasteiger partial charge in [0, 0.05) is 5.56 Å². The van der Waals surface area contributed by atoms with Gasteiger partial charge in [-0.25, -0.2) is 8.78 Å². The zero-order valence-electron chi connectivity index (χ0n) is 10.3. The van der Waals surface area contributed by atoms with Crippen LogP contribution in [0.3, 0.4) is 0 Å². The summed E-state index contributed by atoms with van der Waals surface area (Å²) < 4.78 is 26.3. The van der Waals surface area contributed by atoms with E-state index < -0.39 is 23.1 Å². The number of hydrogen-bond acceptors (Lipinski definition) is 2. The molecule has 1 atom stereocenters. The lowest BCUT2D eigenvalue weighted by atomic mass is 10.0. The first-order valence-corrected chi connectivity index (χ1v) is 5.57. The maximum absolute atomic E-state index is 13.3. The third kappa shape index (κ3) is 3.27. The van der Waals surface area contributed by atoms with E-state index in [2.05, 4.69) is 5.32 Å². The summed E-state index contributed by atoms with van der Waals surface area (Å²) in [6, 6.07) is 5.64. The number of halogens is 2. The van der Waals surface area contributed by atoms with Gasteiger partial charge in [0.05, 0.1) is 12.5 Å². The van der Waals surface area contributed by atoms with Gasteiger partial charge in [0.25, 0.3) is 0 Å². The van der Waals surface area contributed by atoms with Gasteiger partial charge in [0.1, 0.15) is 5.54 Å². The molecular formula is C13H14F2N2O. The zero-order valence-corrected chi connectivity index (χ0v) is 10.3. The lowest BCUT2D eigenvalue weighted by Crippen LogP contribution is -2.45. The molecule has 1 aromatic carbocycles. The summed E-state index contributed by atoms with van der Waals surface area (Å²) in [6.45, 7) is 3.33. The quantitative estimate of drug-likeness (QED) is 0.894. The third-order valence-electron chi connectivity index (χ3n) is 2.75. The zero-order chi connectivity index (χ0) is 13.8. The summed E-state index contributed by atoms with van der Waals surface area (Å²) in [5.74, 6) is -2.52. The lowest BCUT2D eigenvalue weighted by molar-refractivity contribution is -0.121. The molecule has 3 nitrogen and oxygen atoms in total. The number of nitrogens with zero attached hydrogens (tertiary/aromatic N) is 1. The van der Waals surface area contributed by atoms with Crippen LogP contribution < -0.4 is 5.32 Å². The molecule has 0 fully saturated rings. The smallest absolute Gasteiger partial charge is 0.225 e. The molecule has 0 saturated heterocycles. The number of amides is 1. The molecule has 18 heavy (non-hydrogen) atoms. The molecule has 0 bridgehead atoms. The lowest BCUT2D eigenvalue weighted by Gasteiger charge is -2.21. The monoisotopic (exact) mass is 252 g/mol. The van der Waals surface area contributed by atoms with Crippen molar-refractivity contribution in [2.45, 2.75) is 32.2 Å². The Kier molecular flexibility index (Phi) is 4.38. The third-order valence-corrected chi connectivity index (χ3v) is 2.75. The summed E-state index contributed by atoms with van der Waals surface area (Å²) in [5, 5.41) is 11.4. The fourth-order valence-electron chi connectivity index (χ4n) is 1.41. The fourth-order valence-corrected chi connectivity index (χ4v) is 1.41. The molecule has 1 unspecified atom stereocenters. The average molecular weight is 252 g/mol. The minimum Gasteiger partial charge on any atom is -0.338 e. The number of hydrogen-bond donors (Lipinski definition) is 1. The Bertz CT molecular complexity index is 496. The van der Waals surface area contributed by atoms with E-state index in [0.717, 1.165) is 6.07 Å². The van der Waals surface area contributed by atoms with Gasteiger partial charge in [0.15, 0.2) is 11.6 Å². The van der Waals surface area contributed by atoms with Crippen LogP contribution >= 0.6 is 0 Å². The second-order valence-corrected chi connectivity index (χ2v) is 4.24. The van der Waals surface area contributed by atoms with Crippen LogP contribution in [0.4, 0.5) is 8.78 Å². The Labute approximate surface area is 104 Å². The van der Waals surface area contributed by atoms with Crippen molar-refractivity contribution < 1.29 is 13.6 Å². The van der Waals surface area contributed by atoms with E-state index in [1.165, 1.54) is 12.1 Å². The van der Waals surface area contributed by atoms with Crippen molar-refractivity contribution in [2.75, 3.05) is 0 Å². The van der Waals surface area contributed by atoms with Crippen molar-refractivity contribution in [1.29, 1.82) is 5.26 Å². The summed E-state index contributed by atoms with van der Waals surface area (Å²) >= 11 is 0. The van der Waals surface area contributed by atoms with E-state index in [4.69, 9.17) is 5.26 Å². The van der Waals surface area contributed by atoms with Gasteiger partial charge in [-0.1, -0.05) is 19.1 Å². The van der Waals surface area contributed by atoms with Gasteiger partial charge in [-0.15, -0.1) is 0 Å². The van der Waals surface area contributed by atoms with Crippen LogP contribution in [0, 0.1) is 23.0 Å². The van der Waals surface area contributed by atoms with Crippen LogP contribution in [-0.2, 0) is 11.2 Å². The number of nitriles is 1. The molecule has 1 N–H and O–H groups in total. The summed E-state index contributed by atoms with van der Waals surface area (Å²) in [5.41, 5.74) is -1.01. The molecule has 1 aromatic rings. The number of nitrogens with one attached hydrogen (secondary N) is 1. The van der Waals surface area contributed by atoms with Crippen LogP contribution in [0.5, 0.6) is 0 Å². The minimum atomic E-state index is -1.03. The van der Waals surface area contributed by atoms with Crippen LogP contribution in [0.2, 0.25) is 0 Å². The van der Waals surface area contributed by atoms with E-state index in [0.29, 0.717) is 6.42 Å². The average Bonchev–Trinajstić information content (AvgIpc) is 2.34. The van der Waals surface area contributed by atoms with Gasteiger partial charge in [-0.05, 0) is 19.4 Å². The first-order chi connectivity index (χ1) is 8.41. The molecule has 0 radical (unpaired) electrons. The highest BCUT2D eigenvalue weighted by atomic mass is 19.2. The first kappa shape index (κ1) is 14.1. The van der Waals surface area contributed by atoms with Crippen molar-refractivity contribution >= 4 is 5.91 Å². The van der Waals surface area contributed by atoms with Crippen molar-refractivity contribution in [3.05, 3.63) is 35.4 Å². The normalized spacial score (nSPS) is 13.5. The largest absolute Gasteiger partial charge is 0.338 e. The van der Waals surface area contributed by atoms with Gasteiger partial charge in [-0.3, -0.25) is 4.79 Å². The molecule has 0 aliphatic heterocycles. The Hall–Kier alpha value is -1.96. The van der Waals surface area contributed by atoms with Crippen molar-refractivity contribution in [3.8, 4) is 6.07 Å². The predicted molar refractivity (Wildman–Crippen MR) is 62.5 cm³/mol. The molecule has 0 heterocycles. The maximum Gasteiger partial charge on any atom is 0.225 e. The highest BCUT2D eigenvalue weighted by Crippen LogP contribution is 2.13. The summed E-state index contributed by atoms with van der Waals surface area (Å²) in [4.78, 5) is 11.7. The maximum atomic E-state index is 13.3.